The Labute approximate surface area is 187 Å². The Hall–Kier alpha value is -2.84. The predicted octanol–water partition coefficient (Wildman–Crippen LogP) is 4.53. The second-order valence-electron chi connectivity index (χ2n) is 6.29. The maximum atomic E-state index is 12.0. The minimum Gasteiger partial charge on any atom is -0.493 e. The van der Waals surface area contributed by atoms with Crippen LogP contribution in [0.2, 0.25) is 0 Å². The van der Waals surface area contributed by atoms with Crippen molar-refractivity contribution < 1.29 is 9.53 Å². The Bertz CT molecular complexity index is 1040. The summed E-state index contributed by atoms with van der Waals surface area (Å²) in [6.07, 6.45) is 6.68. The largest absolute Gasteiger partial charge is 0.493 e. The number of ether oxygens (including phenoxy) is 1. The molecule has 0 unspecified atom stereocenters. The standard InChI is InChI=1S/C22H21BrN4O2S/c1-16-25-26-22(27(16)24)30-15-14-29-21-12-6-18(7-13-21)5-11-20(28)10-4-17-2-8-19(23)9-3-17/h2-13H,14-15,24H2,1H3. The second-order valence-corrected chi connectivity index (χ2v) is 8.26. The molecule has 154 valence electrons. The number of carbonyl (C=O) groups excluding carboxylic acids is 1. The maximum absolute atomic E-state index is 12.0. The number of ketones is 1. The number of nitrogen functional groups attached to an aromatic ring is 1. The zero-order valence-electron chi connectivity index (χ0n) is 16.4. The maximum Gasteiger partial charge on any atom is 0.209 e. The molecule has 0 aliphatic rings. The van der Waals surface area contributed by atoms with Crippen molar-refractivity contribution in [1.82, 2.24) is 14.9 Å². The van der Waals surface area contributed by atoms with Crippen molar-refractivity contribution in [3.05, 3.63) is 82.1 Å². The van der Waals surface area contributed by atoms with Gasteiger partial charge in [-0.2, -0.15) is 0 Å². The van der Waals surface area contributed by atoms with Gasteiger partial charge in [-0.1, -0.05) is 64.1 Å². The van der Waals surface area contributed by atoms with Crippen LogP contribution in [0.15, 0.2) is 70.3 Å². The molecule has 6 nitrogen and oxygen atoms in total. The Morgan fingerprint density at radius 2 is 1.67 bits per heavy atom. The smallest absolute Gasteiger partial charge is 0.209 e. The molecule has 0 amide bonds. The van der Waals surface area contributed by atoms with E-state index in [0.717, 1.165) is 21.3 Å². The van der Waals surface area contributed by atoms with Gasteiger partial charge in [0.2, 0.25) is 5.16 Å². The van der Waals surface area contributed by atoms with Crippen molar-refractivity contribution in [3.63, 3.8) is 0 Å². The molecule has 1 heterocycles. The molecule has 8 heteroatoms. The molecule has 0 spiro atoms. The van der Waals surface area contributed by atoms with Crippen LogP contribution in [-0.4, -0.2) is 33.0 Å². The molecule has 0 saturated heterocycles. The van der Waals surface area contributed by atoms with Crippen LogP contribution in [0.1, 0.15) is 17.0 Å². The second kappa shape index (κ2) is 10.8. The van der Waals surface area contributed by atoms with Crippen LogP contribution in [0.5, 0.6) is 5.75 Å². The molecule has 0 aliphatic heterocycles. The Morgan fingerprint density at radius 1 is 1.07 bits per heavy atom. The number of hydrogen-bond donors (Lipinski definition) is 1. The predicted molar refractivity (Wildman–Crippen MR) is 125 cm³/mol. The number of benzene rings is 2. The normalized spacial score (nSPS) is 11.4. The Kier molecular flexibility index (Phi) is 7.87. The molecule has 0 bridgehead atoms. The third kappa shape index (κ3) is 6.60. The van der Waals surface area contributed by atoms with E-state index in [1.165, 1.54) is 16.4 Å². The lowest BCUT2D eigenvalue weighted by Crippen LogP contribution is -2.12. The van der Waals surface area contributed by atoms with Crippen molar-refractivity contribution in [3.8, 4) is 5.75 Å². The van der Waals surface area contributed by atoms with E-state index < -0.39 is 0 Å². The molecular formula is C22H21BrN4O2S. The van der Waals surface area contributed by atoms with Gasteiger partial charge in [0.05, 0.1) is 6.61 Å². The molecule has 3 aromatic rings. The van der Waals surface area contributed by atoms with E-state index in [0.29, 0.717) is 23.3 Å². The number of hydrogen-bond acceptors (Lipinski definition) is 6. The lowest BCUT2D eigenvalue weighted by molar-refractivity contribution is -0.110. The average Bonchev–Trinajstić information content (AvgIpc) is 3.08. The highest BCUT2D eigenvalue weighted by Gasteiger charge is 2.06. The third-order valence-electron chi connectivity index (χ3n) is 4.05. The molecule has 0 aliphatic carbocycles. The van der Waals surface area contributed by atoms with Gasteiger partial charge in [-0.25, -0.2) is 4.68 Å². The van der Waals surface area contributed by atoms with Gasteiger partial charge in [0, 0.05) is 10.2 Å². The summed E-state index contributed by atoms with van der Waals surface area (Å²) < 4.78 is 8.19. The molecule has 2 aromatic carbocycles. The number of aryl methyl sites for hydroxylation is 1. The molecular weight excluding hydrogens is 464 g/mol. The first-order chi connectivity index (χ1) is 14.5. The lowest BCUT2D eigenvalue weighted by Gasteiger charge is -2.06. The monoisotopic (exact) mass is 484 g/mol. The van der Waals surface area contributed by atoms with Gasteiger partial charge < -0.3 is 10.6 Å². The Morgan fingerprint density at radius 3 is 2.23 bits per heavy atom. The van der Waals surface area contributed by atoms with Crippen LogP contribution in [-0.2, 0) is 4.79 Å². The fourth-order valence-electron chi connectivity index (χ4n) is 2.40. The molecule has 2 N–H and O–H groups in total. The van der Waals surface area contributed by atoms with Crippen molar-refractivity contribution in [2.75, 3.05) is 18.2 Å². The number of aromatic nitrogens is 3. The van der Waals surface area contributed by atoms with Crippen LogP contribution in [0.25, 0.3) is 12.2 Å². The van der Waals surface area contributed by atoms with Gasteiger partial charge >= 0.3 is 0 Å². The summed E-state index contributed by atoms with van der Waals surface area (Å²) in [5.74, 6) is 7.88. The summed E-state index contributed by atoms with van der Waals surface area (Å²) in [7, 11) is 0. The van der Waals surface area contributed by atoms with E-state index in [1.807, 2.05) is 48.5 Å². The molecule has 30 heavy (non-hydrogen) atoms. The molecule has 0 fully saturated rings. The molecule has 0 radical (unpaired) electrons. The number of thioether (sulfide) groups is 1. The number of allylic oxidation sites excluding steroid dienone is 2. The fourth-order valence-corrected chi connectivity index (χ4v) is 3.39. The summed E-state index contributed by atoms with van der Waals surface area (Å²) in [5.41, 5.74) is 1.90. The average molecular weight is 485 g/mol. The number of carbonyl (C=O) groups is 1. The number of rotatable bonds is 9. The van der Waals surface area contributed by atoms with Crippen molar-refractivity contribution >= 4 is 45.6 Å². The quantitative estimate of drug-likeness (QED) is 0.208. The van der Waals surface area contributed by atoms with Crippen LogP contribution in [0, 0.1) is 6.92 Å². The zero-order valence-corrected chi connectivity index (χ0v) is 18.8. The van der Waals surface area contributed by atoms with Crippen LogP contribution in [0.3, 0.4) is 0 Å². The molecule has 1 aromatic heterocycles. The highest BCUT2D eigenvalue weighted by Crippen LogP contribution is 2.17. The minimum absolute atomic E-state index is 0.0711. The van der Waals surface area contributed by atoms with Gasteiger partial charge in [0.1, 0.15) is 11.6 Å². The van der Waals surface area contributed by atoms with E-state index in [-0.39, 0.29) is 5.78 Å². The van der Waals surface area contributed by atoms with E-state index in [1.54, 1.807) is 31.2 Å². The first-order valence-electron chi connectivity index (χ1n) is 9.20. The number of halogens is 1. The molecule has 0 atom stereocenters. The van der Waals surface area contributed by atoms with Crippen molar-refractivity contribution in [2.24, 2.45) is 0 Å². The van der Waals surface area contributed by atoms with Gasteiger partial charge in [-0.15, -0.1) is 10.2 Å². The van der Waals surface area contributed by atoms with Crippen LogP contribution < -0.4 is 10.6 Å². The lowest BCUT2D eigenvalue weighted by atomic mass is 10.1. The minimum atomic E-state index is -0.0711. The summed E-state index contributed by atoms with van der Waals surface area (Å²) in [5, 5.41) is 8.57. The van der Waals surface area contributed by atoms with Gasteiger partial charge in [0.25, 0.3) is 0 Å². The third-order valence-corrected chi connectivity index (χ3v) is 5.48. The van der Waals surface area contributed by atoms with Gasteiger partial charge in [-0.05, 0) is 54.5 Å². The van der Waals surface area contributed by atoms with Crippen molar-refractivity contribution in [2.45, 2.75) is 12.1 Å². The zero-order chi connectivity index (χ0) is 21.3. The van der Waals surface area contributed by atoms with Gasteiger partial charge in [-0.3, -0.25) is 4.79 Å². The highest BCUT2D eigenvalue weighted by atomic mass is 79.9. The van der Waals surface area contributed by atoms with E-state index in [9.17, 15) is 4.79 Å². The van der Waals surface area contributed by atoms with E-state index >= 15 is 0 Å². The fraction of sp³-hybridized carbons (Fsp3) is 0.136. The van der Waals surface area contributed by atoms with Gasteiger partial charge in [0.15, 0.2) is 5.78 Å². The van der Waals surface area contributed by atoms with E-state index in [2.05, 4.69) is 26.1 Å². The molecule has 3 rings (SSSR count). The number of nitrogens with zero attached hydrogens (tertiary/aromatic N) is 3. The summed E-state index contributed by atoms with van der Waals surface area (Å²) in [4.78, 5) is 12.0. The van der Waals surface area contributed by atoms with Crippen molar-refractivity contribution in [1.29, 1.82) is 0 Å². The topological polar surface area (TPSA) is 83.0 Å². The van der Waals surface area contributed by atoms with Crippen LogP contribution >= 0.6 is 27.7 Å². The summed E-state index contributed by atoms with van der Waals surface area (Å²) in [6, 6.07) is 15.3. The van der Waals surface area contributed by atoms with Crippen LogP contribution in [0.4, 0.5) is 0 Å². The summed E-state index contributed by atoms with van der Waals surface area (Å²) in [6.45, 7) is 2.32. The summed E-state index contributed by atoms with van der Waals surface area (Å²) >= 11 is 4.88. The highest BCUT2D eigenvalue weighted by molar-refractivity contribution is 9.10. The SMILES string of the molecule is Cc1nnc(SCCOc2ccc(C=CC(=O)C=Cc3ccc(Br)cc3)cc2)n1N. The number of nitrogens with two attached hydrogens (primary N) is 1. The molecule has 0 saturated carbocycles. The Balaban J connectivity index is 1.43. The van der Waals surface area contributed by atoms with E-state index in [4.69, 9.17) is 10.6 Å². The first-order valence-corrected chi connectivity index (χ1v) is 11.0. The first kappa shape index (κ1) is 21.9.